The maximum absolute atomic E-state index is 12.8. The number of piperidine rings is 1. The minimum Gasteiger partial charge on any atom is -0.342 e. The Hall–Kier alpha value is -1.70. The molecule has 2 aliphatic heterocycles. The first-order chi connectivity index (χ1) is 11.7. The van der Waals surface area contributed by atoms with Crippen LogP contribution in [-0.4, -0.2) is 35.1 Å². The predicted molar refractivity (Wildman–Crippen MR) is 89.3 cm³/mol. The molecule has 136 valence electrons. The summed E-state index contributed by atoms with van der Waals surface area (Å²) >= 11 is 1.15. The normalized spacial score (nSPS) is 23.8. The molecule has 3 rings (SSSR count). The van der Waals surface area contributed by atoms with E-state index in [2.05, 4.69) is 12.2 Å². The van der Waals surface area contributed by atoms with E-state index in [0.717, 1.165) is 36.7 Å². The molecule has 2 amide bonds. The third kappa shape index (κ3) is 4.11. The van der Waals surface area contributed by atoms with Crippen molar-refractivity contribution in [1.82, 2.24) is 4.90 Å². The number of carbonyl (C=O) groups excluding carboxylic acids is 2. The number of nitrogens with one attached hydrogen (secondary N) is 1. The summed E-state index contributed by atoms with van der Waals surface area (Å²) in [4.78, 5) is 27.0. The predicted octanol–water partition coefficient (Wildman–Crippen LogP) is 3.77. The van der Waals surface area contributed by atoms with Crippen LogP contribution in [0.5, 0.6) is 0 Å². The Morgan fingerprint density at radius 2 is 2.16 bits per heavy atom. The summed E-state index contributed by atoms with van der Waals surface area (Å²) in [5.41, 5.74) is -0.649. The van der Waals surface area contributed by atoms with Gasteiger partial charge in [-0.3, -0.25) is 9.59 Å². The molecule has 8 heteroatoms. The summed E-state index contributed by atoms with van der Waals surface area (Å²) in [5.74, 6) is -0.0446. The molecule has 2 heterocycles. The molecule has 0 aliphatic carbocycles. The second-order valence-corrected chi connectivity index (χ2v) is 7.84. The van der Waals surface area contributed by atoms with Crippen LogP contribution >= 0.6 is 11.8 Å². The van der Waals surface area contributed by atoms with Crippen LogP contribution in [0.15, 0.2) is 23.1 Å². The van der Waals surface area contributed by atoms with E-state index in [1.165, 1.54) is 6.07 Å². The minimum absolute atomic E-state index is 0.0592. The first-order valence-corrected chi connectivity index (χ1v) is 9.08. The number of benzene rings is 1. The Morgan fingerprint density at radius 3 is 2.84 bits per heavy atom. The van der Waals surface area contributed by atoms with E-state index in [1.807, 2.05) is 0 Å². The van der Waals surface area contributed by atoms with Crippen molar-refractivity contribution in [3.63, 3.8) is 0 Å². The Kier molecular flexibility index (Phi) is 4.99. The SMILES string of the molecule is C[C@@H]1CCCN(C(=O)C[C@H]2Sc3ccc(C(F)(F)F)cc3NC2=O)C1. The number of fused-ring (bicyclic) bond motifs is 1. The molecule has 1 saturated heterocycles. The molecule has 1 fully saturated rings. The largest absolute Gasteiger partial charge is 0.416 e. The Balaban J connectivity index is 1.69. The lowest BCUT2D eigenvalue weighted by atomic mass is 10.00. The number of likely N-dealkylation sites (tertiary alicyclic amines) is 1. The van der Waals surface area contributed by atoms with Gasteiger partial charge in [-0.05, 0) is 37.0 Å². The molecule has 2 aliphatic rings. The molecule has 2 atom stereocenters. The van der Waals surface area contributed by atoms with Crippen LogP contribution < -0.4 is 5.32 Å². The quantitative estimate of drug-likeness (QED) is 0.860. The summed E-state index contributed by atoms with van der Waals surface area (Å²) in [5, 5.41) is 1.89. The van der Waals surface area contributed by atoms with Gasteiger partial charge in [-0.1, -0.05) is 6.92 Å². The highest BCUT2D eigenvalue weighted by Gasteiger charge is 2.35. The zero-order chi connectivity index (χ0) is 18.2. The van der Waals surface area contributed by atoms with Gasteiger partial charge in [0.15, 0.2) is 0 Å². The topological polar surface area (TPSA) is 49.4 Å². The number of halogens is 3. The number of carbonyl (C=O) groups is 2. The fraction of sp³-hybridized carbons (Fsp3) is 0.529. The highest BCUT2D eigenvalue weighted by molar-refractivity contribution is 8.01. The first-order valence-electron chi connectivity index (χ1n) is 8.20. The minimum atomic E-state index is -4.46. The van der Waals surface area contributed by atoms with E-state index in [1.54, 1.807) is 4.90 Å². The average Bonchev–Trinajstić information content (AvgIpc) is 2.54. The van der Waals surface area contributed by atoms with Crippen molar-refractivity contribution in [2.75, 3.05) is 18.4 Å². The molecular formula is C17H19F3N2O2S. The summed E-state index contributed by atoms with van der Waals surface area (Å²) in [6, 6.07) is 3.28. The van der Waals surface area contributed by atoms with Crippen LogP contribution in [0.3, 0.4) is 0 Å². The van der Waals surface area contributed by atoms with Crippen LogP contribution in [-0.2, 0) is 15.8 Å². The third-order valence-electron chi connectivity index (χ3n) is 4.50. The van der Waals surface area contributed by atoms with E-state index >= 15 is 0 Å². The number of alkyl halides is 3. The molecule has 4 nitrogen and oxygen atoms in total. The molecule has 1 aromatic carbocycles. The van der Waals surface area contributed by atoms with Crippen LogP contribution in [0, 0.1) is 5.92 Å². The Labute approximate surface area is 148 Å². The molecule has 0 saturated carbocycles. The van der Waals surface area contributed by atoms with E-state index in [0.29, 0.717) is 23.9 Å². The van der Waals surface area contributed by atoms with Crippen molar-refractivity contribution in [1.29, 1.82) is 0 Å². The number of nitrogens with zero attached hydrogens (tertiary/aromatic N) is 1. The zero-order valence-corrected chi connectivity index (χ0v) is 14.5. The second kappa shape index (κ2) is 6.90. The maximum Gasteiger partial charge on any atom is 0.416 e. The standard InChI is InChI=1S/C17H19F3N2O2S/c1-10-3-2-6-22(9-10)15(23)8-14-16(24)21-12-7-11(17(18,19)20)4-5-13(12)25-14/h4-5,7,10,14H,2-3,6,8-9H2,1H3,(H,21,24)/t10-,14-/m1/s1. The lowest BCUT2D eigenvalue weighted by molar-refractivity contribution is -0.137. The molecule has 0 unspecified atom stereocenters. The molecule has 0 aromatic heterocycles. The molecular weight excluding hydrogens is 353 g/mol. The Bertz CT molecular complexity index is 693. The fourth-order valence-electron chi connectivity index (χ4n) is 3.16. The number of hydrogen-bond donors (Lipinski definition) is 1. The van der Waals surface area contributed by atoms with Crippen molar-refractivity contribution in [2.24, 2.45) is 5.92 Å². The number of anilines is 1. The van der Waals surface area contributed by atoms with Crippen molar-refractivity contribution >= 4 is 29.3 Å². The van der Waals surface area contributed by atoms with Gasteiger partial charge in [-0.15, -0.1) is 11.8 Å². The third-order valence-corrected chi connectivity index (χ3v) is 5.77. The lowest BCUT2D eigenvalue weighted by Crippen LogP contribution is -2.42. The van der Waals surface area contributed by atoms with E-state index in [9.17, 15) is 22.8 Å². The fourth-order valence-corrected chi connectivity index (χ4v) is 4.25. The molecule has 0 radical (unpaired) electrons. The molecule has 0 spiro atoms. The summed E-state index contributed by atoms with van der Waals surface area (Å²) in [7, 11) is 0. The van der Waals surface area contributed by atoms with Crippen molar-refractivity contribution in [2.45, 2.75) is 42.5 Å². The van der Waals surface area contributed by atoms with Gasteiger partial charge in [-0.2, -0.15) is 13.2 Å². The molecule has 1 N–H and O–H groups in total. The first kappa shape index (κ1) is 18.1. The van der Waals surface area contributed by atoms with Crippen LogP contribution in [0.4, 0.5) is 18.9 Å². The average molecular weight is 372 g/mol. The van der Waals surface area contributed by atoms with Gasteiger partial charge in [0, 0.05) is 24.4 Å². The van der Waals surface area contributed by atoms with Gasteiger partial charge in [0.1, 0.15) is 0 Å². The number of amides is 2. The van der Waals surface area contributed by atoms with Gasteiger partial charge in [0.25, 0.3) is 0 Å². The van der Waals surface area contributed by atoms with Crippen LogP contribution in [0.2, 0.25) is 0 Å². The van der Waals surface area contributed by atoms with E-state index < -0.39 is 22.9 Å². The van der Waals surface area contributed by atoms with Crippen LogP contribution in [0.1, 0.15) is 31.7 Å². The number of hydrogen-bond acceptors (Lipinski definition) is 3. The molecule has 25 heavy (non-hydrogen) atoms. The van der Waals surface area contributed by atoms with Gasteiger partial charge < -0.3 is 10.2 Å². The number of thioether (sulfide) groups is 1. The highest BCUT2D eigenvalue weighted by Crippen LogP contribution is 2.40. The van der Waals surface area contributed by atoms with Crippen molar-refractivity contribution in [3.8, 4) is 0 Å². The van der Waals surface area contributed by atoms with Gasteiger partial charge in [0.2, 0.25) is 11.8 Å². The summed E-state index contributed by atoms with van der Waals surface area (Å²) < 4.78 is 38.3. The monoisotopic (exact) mass is 372 g/mol. The molecule has 1 aromatic rings. The van der Waals surface area contributed by atoms with Gasteiger partial charge in [0.05, 0.1) is 16.5 Å². The smallest absolute Gasteiger partial charge is 0.342 e. The van der Waals surface area contributed by atoms with E-state index in [4.69, 9.17) is 0 Å². The van der Waals surface area contributed by atoms with Crippen molar-refractivity contribution < 1.29 is 22.8 Å². The Morgan fingerprint density at radius 1 is 1.40 bits per heavy atom. The van der Waals surface area contributed by atoms with Crippen molar-refractivity contribution in [3.05, 3.63) is 23.8 Å². The van der Waals surface area contributed by atoms with Gasteiger partial charge >= 0.3 is 6.18 Å². The lowest BCUT2D eigenvalue weighted by Gasteiger charge is -2.32. The summed E-state index contributed by atoms with van der Waals surface area (Å²) in [6.07, 6.45) is -2.34. The number of rotatable bonds is 2. The van der Waals surface area contributed by atoms with E-state index in [-0.39, 0.29) is 18.0 Å². The van der Waals surface area contributed by atoms with Gasteiger partial charge in [-0.25, -0.2) is 0 Å². The highest BCUT2D eigenvalue weighted by atomic mass is 32.2. The summed E-state index contributed by atoms with van der Waals surface area (Å²) in [6.45, 7) is 3.49. The molecule has 0 bridgehead atoms. The zero-order valence-electron chi connectivity index (χ0n) is 13.7. The maximum atomic E-state index is 12.8. The van der Waals surface area contributed by atoms with Crippen LogP contribution in [0.25, 0.3) is 0 Å². The second-order valence-electron chi connectivity index (χ2n) is 6.60.